The zero-order chi connectivity index (χ0) is 15.7. The fraction of sp³-hybridized carbons (Fsp3) is 0.267. The average Bonchev–Trinajstić information content (AvgIpc) is 3.17. The summed E-state index contributed by atoms with van der Waals surface area (Å²) in [5, 5.41) is 16.0. The highest BCUT2D eigenvalue weighted by atomic mass is 79.9. The smallest absolute Gasteiger partial charge is 0.326 e. The summed E-state index contributed by atoms with van der Waals surface area (Å²) < 4.78 is 0.962. The Hall–Kier alpha value is -2.15. The van der Waals surface area contributed by atoms with Crippen molar-refractivity contribution in [3.8, 4) is 11.3 Å². The maximum atomic E-state index is 12.4. The van der Waals surface area contributed by atoms with E-state index in [9.17, 15) is 9.59 Å². The number of carbonyl (C=O) groups excluding carboxylic acids is 1. The van der Waals surface area contributed by atoms with Crippen molar-refractivity contribution in [2.24, 2.45) is 0 Å². The van der Waals surface area contributed by atoms with Crippen LogP contribution in [0.5, 0.6) is 0 Å². The van der Waals surface area contributed by atoms with Gasteiger partial charge in [0, 0.05) is 16.6 Å². The van der Waals surface area contributed by atoms with Crippen molar-refractivity contribution in [3.05, 3.63) is 40.5 Å². The summed E-state index contributed by atoms with van der Waals surface area (Å²) in [6.07, 6.45) is 1.20. The third-order valence-electron chi connectivity index (χ3n) is 3.75. The van der Waals surface area contributed by atoms with Crippen LogP contribution < -0.4 is 0 Å². The average molecular weight is 364 g/mol. The molecule has 0 aliphatic carbocycles. The summed E-state index contributed by atoms with van der Waals surface area (Å²) in [5.41, 5.74) is 1.85. The van der Waals surface area contributed by atoms with E-state index in [0.717, 1.165) is 10.0 Å². The number of H-pyrrole nitrogens is 1. The van der Waals surface area contributed by atoms with Gasteiger partial charge in [0.1, 0.15) is 11.7 Å². The molecule has 7 heteroatoms. The first-order chi connectivity index (χ1) is 10.6. The van der Waals surface area contributed by atoms with Crippen LogP contribution in [0.2, 0.25) is 0 Å². The predicted molar refractivity (Wildman–Crippen MR) is 83.4 cm³/mol. The maximum absolute atomic E-state index is 12.4. The Labute approximate surface area is 135 Å². The number of benzene rings is 1. The second-order valence-electron chi connectivity index (χ2n) is 5.17. The number of rotatable bonds is 3. The highest BCUT2D eigenvalue weighted by Crippen LogP contribution is 2.23. The number of aromatic amines is 1. The van der Waals surface area contributed by atoms with Gasteiger partial charge in [0.15, 0.2) is 0 Å². The Morgan fingerprint density at radius 2 is 2.05 bits per heavy atom. The summed E-state index contributed by atoms with van der Waals surface area (Å²) in [7, 11) is 0. The van der Waals surface area contributed by atoms with Crippen LogP contribution >= 0.6 is 15.9 Å². The number of nitrogens with one attached hydrogen (secondary N) is 1. The molecule has 114 valence electrons. The second-order valence-corrected chi connectivity index (χ2v) is 6.08. The van der Waals surface area contributed by atoms with E-state index in [1.165, 1.54) is 4.90 Å². The molecule has 0 saturated carbocycles. The molecule has 1 atom stereocenters. The zero-order valence-corrected chi connectivity index (χ0v) is 13.2. The van der Waals surface area contributed by atoms with E-state index < -0.39 is 12.0 Å². The standard InChI is InChI=1S/C15H14BrN3O3/c16-10-5-3-9(4-6-10)11-8-12(18-17-11)14(20)19-7-1-2-13(19)15(21)22/h3-6,8,13H,1-2,7H2,(H,17,18)(H,21,22)/t13-/m1/s1. The number of hydrogen-bond acceptors (Lipinski definition) is 3. The zero-order valence-electron chi connectivity index (χ0n) is 11.6. The van der Waals surface area contributed by atoms with Gasteiger partial charge >= 0.3 is 5.97 Å². The van der Waals surface area contributed by atoms with Gasteiger partial charge in [-0.15, -0.1) is 0 Å². The van der Waals surface area contributed by atoms with E-state index in [4.69, 9.17) is 5.11 Å². The number of carboxylic acids is 1. The molecule has 1 saturated heterocycles. The van der Waals surface area contributed by atoms with E-state index in [1.54, 1.807) is 6.07 Å². The summed E-state index contributed by atoms with van der Waals surface area (Å²) >= 11 is 3.37. The van der Waals surface area contributed by atoms with Crippen molar-refractivity contribution in [3.63, 3.8) is 0 Å². The van der Waals surface area contributed by atoms with Crippen LogP contribution in [0.4, 0.5) is 0 Å². The maximum Gasteiger partial charge on any atom is 0.326 e. The number of carbonyl (C=O) groups is 2. The Bertz CT molecular complexity index is 711. The van der Waals surface area contributed by atoms with Gasteiger partial charge in [-0.05, 0) is 31.0 Å². The van der Waals surface area contributed by atoms with Crippen LogP contribution in [0.1, 0.15) is 23.3 Å². The van der Waals surface area contributed by atoms with Crippen LogP contribution in [0, 0.1) is 0 Å². The molecule has 1 aliphatic rings. The summed E-state index contributed by atoms with van der Waals surface area (Å²) in [5.74, 6) is -1.28. The number of carboxylic acid groups (broad SMARTS) is 1. The normalized spacial score (nSPS) is 17.7. The third-order valence-corrected chi connectivity index (χ3v) is 4.28. The fourth-order valence-corrected chi connectivity index (χ4v) is 2.89. The van der Waals surface area contributed by atoms with Crippen molar-refractivity contribution in [1.29, 1.82) is 0 Å². The first-order valence-electron chi connectivity index (χ1n) is 6.91. The first-order valence-corrected chi connectivity index (χ1v) is 7.70. The first kappa shape index (κ1) is 14.8. The highest BCUT2D eigenvalue weighted by Gasteiger charge is 2.35. The lowest BCUT2D eigenvalue weighted by Crippen LogP contribution is -2.40. The highest BCUT2D eigenvalue weighted by molar-refractivity contribution is 9.10. The SMILES string of the molecule is O=C(O)[C@H]1CCCN1C(=O)c1cc(-c2ccc(Br)cc2)n[nH]1. The molecule has 1 aromatic carbocycles. The van der Waals surface area contributed by atoms with E-state index >= 15 is 0 Å². The molecule has 2 N–H and O–H groups in total. The fourth-order valence-electron chi connectivity index (χ4n) is 2.62. The molecule has 2 aromatic rings. The van der Waals surface area contributed by atoms with Gasteiger partial charge in [-0.1, -0.05) is 28.1 Å². The Morgan fingerprint density at radius 3 is 2.73 bits per heavy atom. The lowest BCUT2D eigenvalue weighted by Gasteiger charge is -2.20. The molecule has 0 radical (unpaired) electrons. The van der Waals surface area contributed by atoms with E-state index in [2.05, 4.69) is 26.1 Å². The number of likely N-dealkylation sites (tertiary alicyclic amines) is 1. The second kappa shape index (κ2) is 5.92. The largest absolute Gasteiger partial charge is 0.480 e. The van der Waals surface area contributed by atoms with Crippen molar-refractivity contribution < 1.29 is 14.7 Å². The van der Waals surface area contributed by atoms with Crippen LogP contribution in [0.25, 0.3) is 11.3 Å². The summed E-state index contributed by atoms with van der Waals surface area (Å²) in [4.78, 5) is 25.0. The number of amides is 1. The minimum atomic E-state index is -0.960. The molecule has 6 nitrogen and oxygen atoms in total. The van der Waals surface area contributed by atoms with Crippen LogP contribution in [0.15, 0.2) is 34.8 Å². The molecule has 0 bridgehead atoms. The molecule has 0 unspecified atom stereocenters. The monoisotopic (exact) mass is 363 g/mol. The minimum absolute atomic E-state index is 0.311. The topological polar surface area (TPSA) is 86.3 Å². The Morgan fingerprint density at radius 1 is 1.32 bits per heavy atom. The van der Waals surface area contributed by atoms with E-state index in [1.807, 2.05) is 24.3 Å². The van der Waals surface area contributed by atoms with Crippen molar-refractivity contribution in [2.75, 3.05) is 6.54 Å². The van der Waals surface area contributed by atoms with Crippen LogP contribution in [-0.4, -0.2) is 44.7 Å². The molecule has 1 amide bonds. The molecule has 3 rings (SSSR count). The third kappa shape index (κ3) is 2.76. The molecule has 1 aliphatic heterocycles. The van der Waals surface area contributed by atoms with Gasteiger partial charge in [-0.25, -0.2) is 4.79 Å². The van der Waals surface area contributed by atoms with Crippen molar-refractivity contribution >= 4 is 27.8 Å². The van der Waals surface area contributed by atoms with Gasteiger partial charge in [0.25, 0.3) is 5.91 Å². The van der Waals surface area contributed by atoms with Gasteiger partial charge in [0.2, 0.25) is 0 Å². The molecular formula is C15H14BrN3O3. The number of aromatic nitrogens is 2. The van der Waals surface area contributed by atoms with E-state index in [0.29, 0.717) is 30.8 Å². The number of hydrogen-bond donors (Lipinski definition) is 2. The summed E-state index contributed by atoms with van der Waals surface area (Å²) in [6, 6.07) is 8.49. The molecule has 0 spiro atoms. The Kier molecular flexibility index (Phi) is 3.98. The minimum Gasteiger partial charge on any atom is -0.480 e. The van der Waals surface area contributed by atoms with Gasteiger partial charge in [-0.3, -0.25) is 9.89 Å². The number of aliphatic carboxylic acids is 1. The summed E-state index contributed by atoms with van der Waals surface area (Å²) in [6.45, 7) is 0.461. The van der Waals surface area contributed by atoms with Crippen molar-refractivity contribution in [1.82, 2.24) is 15.1 Å². The molecular weight excluding hydrogens is 350 g/mol. The van der Waals surface area contributed by atoms with Crippen LogP contribution in [0.3, 0.4) is 0 Å². The number of nitrogens with zero attached hydrogens (tertiary/aromatic N) is 2. The van der Waals surface area contributed by atoms with Gasteiger partial charge in [0.05, 0.1) is 5.69 Å². The van der Waals surface area contributed by atoms with Gasteiger partial charge in [-0.2, -0.15) is 5.10 Å². The number of halogens is 1. The predicted octanol–water partition coefficient (Wildman–Crippen LogP) is 2.53. The van der Waals surface area contributed by atoms with Crippen LogP contribution in [-0.2, 0) is 4.79 Å². The lowest BCUT2D eigenvalue weighted by atomic mass is 10.1. The quantitative estimate of drug-likeness (QED) is 0.876. The molecule has 1 aromatic heterocycles. The van der Waals surface area contributed by atoms with Crippen molar-refractivity contribution in [2.45, 2.75) is 18.9 Å². The molecule has 2 heterocycles. The Balaban J connectivity index is 1.82. The van der Waals surface area contributed by atoms with Gasteiger partial charge < -0.3 is 10.0 Å². The molecule has 1 fully saturated rings. The lowest BCUT2D eigenvalue weighted by molar-refractivity contribution is -0.141. The molecule has 22 heavy (non-hydrogen) atoms. The van der Waals surface area contributed by atoms with E-state index in [-0.39, 0.29) is 5.91 Å².